The first-order valence-corrected chi connectivity index (χ1v) is 6.01. The summed E-state index contributed by atoms with van der Waals surface area (Å²) in [5.41, 5.74) is 6.32. The predicted octanol–water partition coefficient (Wildman–Crippen LogP) is 1.80. The molecule has 0 radical (unpaired) electrons. The smallest absolute Gasteiger partial charge is 0.192 e. The second-order valence-electron chi connectivity index (χ2n) is 4.07. The van der Waals surface area contributed by atoms with E-state index in [4.69, 9.17) is 22.1 Å². The molecule has 4 nitrogen and oxygen atoms in total. The number of nitrogens with two attached hydrogens (primary N) is 1. The van der Waals surface area contributed by atoms with E-state index < -0.39 is 0 Å². The van der Waals surface area contributed by atoms with Crippen LogP contribution in [0.15, 0.2) is 23.2 Å². The Morgan fingerprint density at radius 3 is 3.11 bits per heavy atom. The van der Waals surface area contributed by atoms with Crippen LogP contribution in [0.1, 0.15) is 11.6 Å². The van der Waals surface area contributed by atoms with Gasteiger partial charge in [-0.2, -0.15) is 0 Å². The van der Waals surface area contributed by atoms with Crippen LogP contribution < -0.4 is 5.73 Å². The lowest BCUT2D eigenvalue weighted by molar-refractivity contribution is 0.166. The molecule has 1 aliphatic rings. The highest BCUT2D eigenvalue weighted by atomic mass is 35.5. The largest absolute Gasteiger partial charge is 0.383 e. The topological polar surface area (TPSA) is 50.9 Å². The fourth-order valence-corrected chi connectivity index (χ4v) is 2.21. The molecule has 0 aromatic heterocycles. The normalized spacial score (nSPS) is 19.2. The SMILES string of the molecule is COCCN1C(N)=NCC1c1cc(Cl)ccc1F. The van der Waals surface area contributed by atoms with Gasteiger partial charge < -0.3 is 15.4 Å². The molecule has 0 bridgehead atoms. The highest BCUT2D eigenvalue weighted by Gasteiger charge is 2.29. The van der Waals surface area contributed by atoms with E-state index in [-0.39, 0.29) is 11.9 Å². The molecule has 0 aliphatic carbocycles. The molecule has 98 valence electrons. The van der Waals surface area contributed by atoms with Gasteiger partial charge in [0.25, 0.3) is 0 Å². The molecule has 0 spiro atoms. The summed E-state index contributed by atoms with van der Waals surface area (Å²) in [6.07, 6.45) is 0. The summed E-state index contributed by atoms with van der Waals surface area (Å²) in [7, 11) is 1.61. The van der Waals surface area contributed by atoms with Crippen LogP contribution in [0.5, 0.6) is 0 Å². The monoisotopic (exact) mass is 271 g/mol. The Morgan fingerprint density at radius 2 is 2.39 bits per heavy atom. The first-order valence-electron chi connectivity index (χ1n) is 5.64. The first kappa shape index (κ1) is 13.1. The van der Waals surface area contributed by atoms with Crippen LogP contribution in [0.3, 0.4) is 0 Å². The maximum Gasteiger partial charge on any atom is 0.192 e. The molecule has 0 fully saturated rings. The van der Waals surface area contributed by atoms with Crippen molar-refractivity contribution in [3.05, 3.63) is 34.6 Å². The minimum absolute atomic E-state index is 0.209. The Labute approximate surface area is 110 Å². The zero-order valence-electron chi connectivity index (χ0n) is 10.1. The Bertz CT molecular complexity index is 467. The number of rotatable bonds is 4. The molecule has 1 unspecified atom stereocenters. The number of halogens is 2. The van der Waals surface area contributed by atoms with Crippen molar-refractivity contribution in [3.63, 3.8) is 0 Å². The summed E-state index contributed by atoms with van der Waals surface area (Å²) in [4.78, 5) is 5.99. The minimum Gasteiger partial charge on any atom is -0.383 e. The van der Waals surface area contributed by atoms with Gasteiger partial charge in [-0.1, -0.05) is 11.6 Å². The molecule has 1 heterocycles. The molecule has 18 heavy (non-hydrogen) atoms. The van der Waals surface area contributed by atoms with Gasteiger partial charge >= 0.3 is 0 Å². The maximum atomic E-state index is 13.8. The van der Waals surface area contributed by atoms with E-state index in [1.165, 1.54) is 12.1 Å². The number of nitrogens with zero attached hydrogens (tertiary/aromatic N) is 2. The van der Waals surface area contributed by atoms with E-state index in [2.05, 4.69) is 4.99 Å². The number of methoxy groups -OCH3 is 1. The number of hydrogen-bond donors (Lipinski definition) is 1. The van der Waals surface area contributed by atoms with Crippen molar-refractivity contribution >= 4 is 17.6 Å². The van der Waals surface area contributed by atoms with Gasteiger partial charge in [0.2, 0.25) is 0 Å². The maximum absolute atomic E-state index is 13.8. The molecule has 6 heteroatoms. The highest BCUT2D eigenvalue weighted by Crippen LogP contribution is 2.29. The molecule has 0 saturated carbocycles. The van der Waals surface area contributed by atoms with Crippen molar-refractivity contribution in [3.8, 4) is 0 Å². The second kappa shape index (κ2) is 5.54. The third-order valence-electron chi connectivity index (χ3n) is 2.95. The third kappa shape index (κ3) is 2.57. The number of hydrogen-bond acceptors (Lipinski definition) is 4. The number of ether oxygens (including phenoxy) is 1. The molecule has 2 rings (SSSR count). The van der Waals surface area contributed by atoms with Crippen molar-refractivity contribution in [2.45, 2.75) is 6.04 Å². The van der Waals surface area contributed by atoms with E-state index in [1.54, 1.807) is 13.2 Å². The fraction of sp³-hybridized carbons (Fsp3) is 0.417. The van der Waals surface area contributed by atoms with Crippen LogP contribution in [0.4, 0.5) is 4.39 Å². The number of benzene rings is 1. The molecule has 1 aromatic carbocycles. The molecule has 1 atom stereocenters. The molecule has 2 N–H and O–H groups in total. The van der Waals surface area contributed by atoms with Gasteiger partial charge in [0, 0.05) is 24.2 Å². The average molecular weight is 272 g/mol. The van der Waals surface area contributed by atoms with Gasteiger partial charge in [0.1, 0.15) is 5.82 Å². The average Bonchev–Trinajstić information content (AvgIpc) is 2.71. The summed E-state index contributed by atoms with van der Waals surface area (Å²) < 4.78 is 18.9. The first-order chi connectivity index (χ1) is 8.63. The zero-order valence-corrected chi connectivity index (χ0v) is 10.8. The van der Waals surface area contributed by atoms with Gasteiger partial charge in [0.15, 0.2) is 5.96 Å². The van der Waals surface area contributed by atoms with Crippen molar-refractivity contribution < 1.29 is 9.13 Å². The molecule has 0 saturated heterocycles. The fourth-order valence-electron chi connectivity index (χ4n) is 2.03. The van der Waals surface area contributed by atoms with Crippen LogP contribution in [0.25, 0.3) is 0 Å². The lowest BCUT2D eigenvalue weighted by atomic mass is 10.1. The van der Waals surface area contributed by atoms with E-state index in [1.807, 2.05) is 4.90 Å². The second-order valence-corrected chi connectivity index (χ2v) is 4.50. The van der Waals surface area contributed by atoms with E-state index in [0.717, 1.165) is 0 Å². The summed E-state index contributed by atoms with van der Waals surface area (Å²) >= 11 is 5.91. The summed E-state index contributed by atoms with van der Waals surface area (Å²) in [5.74, 6) is 0.119. The summed E-state index contributed by atoms with van der Waals surface area (Å²) in [6.45, 7) is 1.52. The summed E-state index contributed by atoms with van der Waals surface area (Å²) in [5, 5.41) is 0.503. The van der Waals surface area contributed by atoms with Crippen LogP contribution in [-0.2, 0) is 4.74 Å². The van der Waals surface area contributed by atoms with Crippen molar-refractivity contribution in [1.29, 1.82) is 0 Å². The Morgan fingerprint density at radius 1 is 1.61 bits per heavy atom. The standard InChI is InChI=1S/C12H15ClFN3O/c1-18-5-4-17-11(7-16-12(17)15)9-6-8(13)2-3-10(9)14/h2-3,6,11H,4-5,7H2,1H3,(H2,15,16). The zero-order chi connectivity index (χ0) is 13.1. The molecule has 1 aromatic rings. The van der Waals surface area contributed by atoms with E-state index in [9.17, 15) is 4.39 Å². The molecular weight excluding hydrogens is 257 g/mol. The Balaban J connectivity index is 2.24. The molecule has 0 amide bonds. The molecule has 1 aliphatic heterocycles. The lowest BCUT2D eigenvalue weighted by Crippen LogP contribution is -2.38. The van der Waals surface area contributed by atoms with Gasteiger partial charge in [-0.05, 0) is 18.2 Å². The van der Waals surface area contributed by atoms with Crippen molar-refractivity contribution in [1.82, 2.24) is 4.90 Å². The van der Waals surface area contributed by atoms with Gasteiger partial charge in [-0.25, -0.2) is 4.39 Å². The van der Waals surface area contributed by atoms with E-state index >= 15 is 0 Å². The van der Waals surface area contributed by atoms with Crippen molar-refractivity contribution in [2.24, 2.45) is 10.7 Å². The Hall–Kier alpha value is -1.33. The third-order valence-corrected chi connectivity index (χ3v) is 3.19. The van der Waals surface area contributed by atoms with Gasteiger partial charge in [-0.15, -0.1) is 0 Å². The number of guanidine groups is 1. The van der Waals surface area contributed by atoms with Gasteiger partial charge in [-0.3, -0.25) is 4.99 Å². The predicted molar refractivity (Wildman–Crippen MR) is 69.2 cm³/mol. The van der Waals surface area contributed by atoms with Crippen LogP contribution in [0, 0.1) is 5.82 Å². The Kier molecular flexibility index (Phi) is 4.04. The lowest BCUT2D eigenvalue weighted by Gasteiger charge is -2.26. The van der Waals surface area contributed by atoms with Crippen LogP contribution >= 0.6 is 11.6 Å². The highest BCUT2D eigenvalue weighted by molar-refractivity contribution is 6.30. The quantitative estimate of drug-likeness (QED) is 0.908. The van der Waals surface area contributed by atoms with Gasteiger partial charge in [0.05, 0.1) is 19.2 Å². The minimum atomic E-state index is -0.295. The summed E-state index contributed by atoms with van der Waals surface area (Å²) in [6, 6.07) is 4.30. The van der Waals surface area contributed by atoms with E-state index in [0.29, 0.717) is 36.2 Å². The van der Waals surface area contributed by atoms with Crippen molar-refractivity contribution in [2.75, 3.05) is 26.8 Å². The number of aliphatic imine (C=N–C) groups is 1. The van der Waals surface area contributed by atoms with Crippen LogP contribution in [-0.4, -0.2) is 37.7 Å². The molecular formula is C12H15ClFN3O. The van der Waals surface area contributed by atoms with Crippen LogP contribution in [0.2, 0.25) is 5.02 Å².